The normalized spacial score (nSPS) is 14.4. The predicted molar refractivity (Wildman–Crippen MR) is 104 cm³/mol. The lowest BCUT2D eigenvalue weighted by atomic mass is 9.92. The molecule has 0 saturated carbocycles. The van der Waals surface area contributed by atoms with Crippen molar-refractivity contribution in [1.82, 2.24) is 10.3 Å². The van der Waals surface area contributed by atoms with E-state index in [1.54, 1.807) is 0 Å². The van der Waals surface area contributed by atoms with Crippen molar-refractivity contribution in [3.05, 3.63) is 70.8 Å². The van der Waals surface area contributed by atoms with Gasteiger partial charge in [0, 0.05) is 12.1 Å². The number of carbonyl (C=O) groups excluding carboxylic acids is 1. The van der Waals surface area contributed by atoms with Gasteiger partial charge in [-0.1, -0.05) is 36.4 Å². The second kappa shape index (κ2) is 8.17. The topological polar surface area (TPSA) is 67.6 Å². The van der Waals surface area contributed by atoms with E-state index in [-0.39, 0.29) is 12.3 Å². The quantitative estimate of drug-likeness (QED) is 0.493. The number of nitrogens with two attached hydrogens (primary N) is 1. The van der Waals surface area contributed by atoms with Gasteiger partial charge in [-0.25, -0.2) is 5.84 Å². The largest absolute Gasteiger partial charge is 0.488 e. The van der Waals surface area contributed by atoms with E-state index in [9.17, 15) is 4.79 Å². The van der Waals surface area contributed by atoms with Gasteiger partial charge in [-0.2, -0.15) is 0 Å². The van der Waals surface area contributed by atoms with Crippen LogP contribution in [-0.4, -0.2) is 31.4 Å². The molecule has 0 saturated heterocycles. The summed E-state index contributed by atoms with van der Waals surface area (Å²) in [6.45, 7) is 1.51. The zero-order valence-corrected chi connectivity index (χ0v) is 15.3. The molecule has 5 heteroatoms. The van der Waals surface area contributed by atoms with Crippen LogP contribution in [0.15, 0.2) is 48.5 Å². The molecule has 136 valence electrons. The Labute approximate surface area is 154 Å². The van der Waals surface area contributed by atoms with E-state index in [4.69, 9.17) is 10.6 Å². The first-order valence-electron chi connectivity index (χ1n) is 8.77. The lowest BCUT2D eigenvalue weighted by molar-refractivity contribution is -0.120. The third-order valence-corrected chi connectivity index (χ3v) is 4.48. The fourth-order valence-corrected chi connectivity index (χ4v) is 3.16. The molecule has 2 aromatic carbocycles. The van der Waals surface area contributed by atoms with E-state index in [1.807, 2.05) is 24.3 Å². The van der Waals surface area contributed by atoms with Crippen LogP contribution in [0, 0.1) is 0 Å². The molecule has 0 atom stereocenters. The van der Waals surface area contributed by atoms with E-state index in [2.05, 4.69) is 48.7 Å². The van der Waals surface area contributed by atoms with Gasteiger partial charge in [-0.05, 0) is 54.9 Å². The Morgan fingerprint density at radius 1 is 1.23 bits per heavy atom. The number of ether oxygens (including phenoxy) is 1. The maximum absolute atomic E-state index is 11.7. The number of hydrogen-bond acceptors (Lipinski definition) is 4. The Morgan fingerprint density at radius 2 is 2.04 bits per heavy atom. The van der Waals surface area contributed by atoms with Crippen molar-refractivity contribution < 1.29 is 9.53 Å². The molecule has 0 aliphatic carbocycles. The Hall–Kier alpha value is -2.63. The minimum Gasteiger partial charge on any atom is -0.488 e. The number of fused-ring (bicyclic) bond motifs is 2. The average molecular weight is 351 g/mol. The molecular formula is C21H25N3O2. The molecule has 0 unspecified atom stereocenters. The number of hydrogen-bond donors (Lipinski definition) is 2. The number of hydrazine groups is 1. The number of rotatable bonds is 5. The van der Waals surface area contributed by atoms with E-state index >= 15 is 0 Å². The zero-order valence-electron chi connectivity index (χ0n) is 15.3. The van der Waals surface area contributed by atoms with Crippen LogP contribution in [0.1, 0.15) is 28.7 Å². The van der Waals surface area contributed by atoms with Gasteiger partial charge in [0.15, 0.2) is 0 Å². The van der Waals surface area contributed by atoms with Crippen LogP contribution in [0.5, 0.6) is 5.75 Å². The fraction of sp³-hybridized carbons (Fsp3) is 0.286. The van der Waals surface area contributed by atoms with Crippen LogP contribution >= 0.6 is 0 Å². The first-order valence-corrected chi connectivity index (χ1v) is 8.77. The number of carbonyl (C=O) groups is 1. The standard InChI is InChI=1S/C21H25N3O2/c1-24(2)11-5-8-18-17-7-4-3-6-16(17)14-26-20-10-9-15(12-19(18)20)13-21(25)23-22/h3-4,6-10,12H,5,11,13-14,22H2,1-2H3,(H,23,25)/b18-8+. The van der Waals surface area contributed by atoms with Crippen LogP contribution in [-0.2, 0) is 17.8 Å². The average Bonchev–Trinajstić information content (AvgIpc) is 2.79. The SMILES string of the molecule is CN(C)CC/C=C1\c2ccccc2COc2ccc(CC(=O)NN)cc21. The molecule has 2 aromatic rings. The van der Waals surface area contributed by atoms with Gasteiger partial charge in [-0.15, -0.1) is 0 Å². The molecule has 1 aliphatic heterocycles. The predicted octanol–water partition coefficient (Wildman–Crippen LogP) is 2.49. The lowest BCUT2D eigenvalue weighted by Gasteiger charge is -2.13. The van der Waals surface area contributed by atoms with Gasteiger partial charge in [0.25, 0.3) is 0 Å². The Bertz CT molecular complexity index is 828. The van der Waals surface area contributed by atoms with E-state index in [1.165, 1.54) is 11.1 Å². The van der Waals surface area contributed by atoms with Crippen molar-refractivity contribution >= 4 is 11.5 Å². The molecule has 0 radical (unpaired) electrons. The Morgan fingerprint density at radius 3 is 2.81 bits per heavy atom. The van der Waals surface area contributed by atoms with Crippen LogP contribution in [0.2, 0.25) is 0 Å². The first kappa shape index (κ1) is 18.2. The maximum atomic E-state index is 11.7. The summed E-state index contributed by atoms with van der Waals surface area (Å²) in [4.78, 5) is 13.8. The third-order valence-electron chi connectivity index (χ3n) is 4.48. The van der Waals surface area contributed by atoms with Crippen LogP contribution in [0.25, 0.3) is 5.57 Å². The Kier molecular flexibility index (Phi) is 5.71. The lowest BCUT2D eigenvalue weighted by Crippen LogP contribution is -2.31. The van der Waals surface area contributed by atoms with Crippen LogP contribution in [0.4, 0.5) is 0 Å². The summed E-state index contributed by atoms with van der Waals surface area (Å²) in [7, 11) is 4.14. The van der Waals surface area contributed by atoms with Gasteiger partial charge in [0.05, 0.1) is 6.42 Å². The minimum atomic E-state index is -0.210. The van der Waals surface area contributed by atoms with Gasteiger partial charge >= 0.3 is 0 Å². The molecule has 0 spiro atoms. The third kappa shape index (κ3) is 4.12. The highest BCUT2D eigenvalue weighted by Gasteiger charge is 2.19. The molecule has 3 rings (SSSR count). The molecule has 5 nitrogen and oxygen atoms in total. The maximum Gasteiger partial charge on any atom is 0.238 e. The first-order chi connectivity index (χ1) is 12.6. The summed E-state index contributed by atoms with van der Waals surface area (Å²) in [6.07, 6.45) is 3.44. The molecule has 3 N–H and O–H groups in total. The summed E-state index contributed by atoms with van der Waals surface area (Å²) in [6, 6.07) is 14.2. The highest BCUT2D eigenvalue weighted by Crippen LogP contribution is 2.37. The van der Waals surface area contributed by atoms with E-state index in [0.717, 1.165) is 35.4 Å². The number of benzene rings is 2. The summed E-state index contributed by atoms with van der Waals surface area (Å²) in [5.41, 5.74) is 7.63. The molecule has 0 aromatic heterocycles. The van der Waals surface area contributed by atoms with Crippen molar-refractivity contribution in [2.75, 3.05) is 20.6 Å². The second-order valence-electron chi connectivity index (χ2n) is 6.73. The van der Waals surface area contributed by atoms with E-state index in [0.29, 0.717) is 6.61 Å². The number of nitrogens with zero attached hydrogens (tertiary/aromatic N) is 1. The molecular weight excluding hydrogens is 326 g/mol. The van der Waals surface area contributed by atoms with Crippen molar-refractivity contribution in [3.63, 3.8) is 0 Å². The minimum absolute atomic E-state index is 0.210. The molecule has 1 aliphatic rings. The van der Waals surface area contributed by atoms with Gasteiger partial charge in [-0.3, -0.25) is 10.2 Å². The summed E-state index contributed by atoms with van der Waals surface area (Å²) >= 11 is 0. The Balaban J connectivity index is 2.05. The summed E-state index contributed by atoms with van der Waals surface area (Å²) < 4.78 is 6.04. The summed E-state index contributed by atoms with van der Waals surface area (Å²) in [5.74, 6) is 5.86. The fourth-order valence-electron chi connectivity index (χ4n) is 3.16. The van der Waals surface area contributed by atoms with Crippen molar-refractivity contribution in [2.45, 2.75) is 19.4 Å². The highest BCUT2D eigenvalue weighted by atomic mass is 16.5. The molecule has 0 bridgehead atoms. The molecule has 1 amide bonds. The monoisotopic (exact) mass is 351 g/mol. The second-order valence-corrected chi connectivity index (χ2v) is 6.73. The number of nitrogens with one attached hydrogen (secondary N) is 1. The van der Waals surface area contributed by atoms with Gasteiger partial charge < -0.3 is 9.64 Å². The van der Waals surface area contributed by atoms with Gasteiger partial charge in [0.1, 0.15) is 12.4 Å². The molecule has 26 heavy (non-hydrogen) atoms. The zero-order chi connectivity index (χ0) is 18.5. The van der Waals surface area contributed by atoms with Crippen molar-refractivity contribution in [1.29, 1.82) is 0 Å². The summed E-state index contributed by atoms with van der Waals surface area (Å²) in [5, 5.41) is 0. The molecule has 0 fully saturated rings. The van der Waals surface area contributed by atoms with Crippen LogP contribution < -0.4 is 16.0 Å². The van der Waals surface area contributed by atoms with Gasteiger partial charge in [0.2, 0.25) is 5.91 Å². The number of amides is 1. The van der Waals surface area contributed by atoms with Crippen LogP contribution in [0.3, 0.4) is 0 Å². The van der Waals surface area contributed by atoms with Crippen molar-refractivity contribution in [2.24, 2.45) is 5.84 Å². The molecule has 1 heterocycles. The van der Waals surface area contributed by atoms with E-state index < -0.39 is 0 Å². The smallest absolute Gasteiger partial charge is 0.238 e. The van der Waals surface area contributed by atoms with Crippen molar-refractivity contribution in [3.8, 4) is 5.75 Å². The highest BCUT2D eigenvalue weighted by molar-refractivity contribution is 5.86.